The lowest BCUT2D eigenvalue weighted by Crippen LogP contribution is -2.47. The molecule has 0 aromatic rings. The molecule has 0 bridgehead atoms. The van der Waals surface area contributed by atoms with Gasteiger partial charge >= 0.3 is 12.1 Å². The number of aliphatic carboxylic acids is 1. The quantitative estimate of drug-likeness (QED) is 0.820. The minimum Gasteiger partial charge on any atom is -0.481 e. The van der Waals surface area contributed by atoms with Crippen molar-refractivity contribution in [3.63, 3.8) is 0 Å². The molecule has 0 radical (unpaired) electrons. The van der Waals surface area contributed by atoms with Gasteiger partial charge in [-0.25, -0.2) is 4.79 Å². The zero-order chi connectivity index (χ0) is 13.5. The highest BCUT2D eigenvalue weighted by Crippen LogP contribution is 2.47. The van der Waals surface area contributed by atoms with E-state index in [-0.39, 0.29) is 18.6 Å². The SMILES string of the molecule is CC(C)(C)OC(=O)N1CC2CC2CC1CC(=O)O. The van der Waals surface area contributed by atoms with E-state index in [1.165, 1.54) is 0 Å². The summed E-state index contributed by atoms with van der Waals surface area (Å²) in [6, 6.07) is -0.207. The second kappa shape index (κ2) is 4.44. The minimum absolute atomic E-state index is 0.0163. The molecule has 18 heavy (non-hydrogen) atoms. The van der Waals surface area contributed by atoms with Gasteiger partial charge in [0.15, 0.2) is 0 Å². The third-order valence-electron chi connectivity index (χ3n) is 3.55. The van der Waals surface area contributed by atoms with Crippen LogP contribution in [0.2, 0.25) is 0 Å². The average molecular weight is 255 g/mol. The summed E-state index contributed by atoms with van der Waals surface area (Å²) < 4.78 is 5.35. The van der Waals surface area contributed by atoms with Crippen LogP contribution in [0.5, 0.6) is 0 Å². The van der Waals surface area contributed by atoms with E-state index in [1.807, 2.05) is 20.8 Å². The van der Waals surface area contributed by atoms with E-state index in [4.69, 9.17) is 9.84 Å². The molecule has 1 amide bonds. The number of ether oxygens (including phenoxy) is 1. The van der Waals surface area contributed by atoms with Crippen molar-refractivity contribution in [2.75, 3.05) is 6.54 Å². The maximum atomic E-state index is 12.1. The molecule has 0 aromatic heterocycles. The number of hydrogen-bond donors (Lipinski definition) is 1. The summed E-state index contributed by atoms with van der Waals surface area (Å²) in [6.45, 7) is 6.11. The Labute approximate surface area is 107 Å². The topological polar surface area (TPSA) is 66.8 Å². The van der Waals surface area contributed by atoms with Crippen molar-refractivity contribution in [2.45, 2.75) is 51.7 Å². The monoisotopic (exact) mass is 255 g/mol. The number of hydrogen-bond acceptors (Lipinski definition) is 3. The van der Waals surface area contributed by atoms with E-state index >= 15 is 0 Å². The summed E-state index contributed by atoms with van der Waals surface area (Å²) in [5, 5.41) is 8.92. The molecule has 102 valence electrons. The number of piperidine rings is 1. The van der Waals surface area contributed by atoms with Crippen molar-refractivity contribution in [3.05, 3.63) is 0 Å². The maximum absolute atomic E-state index is 12.1. The fourth-order valence-corrected chi connectivity index (χ4v) is 2.64. The molecule has 5 heteroatoms. The van der Waals surface area contributed by atoms with Crippen molar-refractivity contribution >= 4 is 12.1 Å². The normalized spacial score (nSPS) is 30.6. The molecule has 1 N–H and O–H groups in total. The summed E-state index contributed by atoms with van der Waals surface area (Å²) in [5.74, 6) is 0.322. The van der Waals surface area contributed by atoms with Crippen molar-refractivity contribution in [1.29, 1.82) is 0 Å². The van der Waals surface area contributed by atoms with Crippen LogP contribution in [0, 0.1) is 11.8 Å². The Morgan fingerprint density at radius 3 is 2.50 bits per heavy atom. The molecule has 2 rings (SSSR count). The van der Waals surface area contributed by atoms with E-state index in [1.54, 1.807) is 4.90 Å². The number of nitrogens with zero attached hydrogens (tertiary/aromatic N) is 1. The zero-order valence-electron chi connectivity index (χ0n) is 11.2. The van der Waals surface area contributed by atoms with Gasteiger partial charge in [0, 0.05) is 12.6 Å². The second-order valence-electron chi connectivity index (χ2n) is 6.38. The van der Waals surface area contributed by atoms with Crippen molar-refractivity contribution in [1.82, 2.24) is 4.90 Å². The van der Waals surface area contributed by atoms with Gasteiger partial charge in [-0.3, -0.25) is 4.79 Å². The van der Waals surface area contributed by atoms with Crippen LogP contribution in [0.25, 0.3) is 0 Å². The number of carboxylic acid groups (broad SMARTS) is 1. The molecule has 1 saturated carbocycles. The second-order valence-corrected chi connectivity index (χ2v) is 6.38. The molecule has 3 unspecified atom stereocenters. The van der Waals surface area contributed by atoms with Crippen LogP contribution in [-0.2, 0) is 9.53 Å². The highest BCUT2D eigenvalue weighted by molar-refractivity contribution is 5.72. The molecule has 0 spiro atoms. The van der Waals surface area contributed by atoms with Crippen molar-refractivity contribution in [3.8, 4) is 0 Å². The number of fused-ring (bicyclic) bond motifs is 1. The number of carbonyl (C=O) groups is 2. The van der Waals surface area contributed by atoms with Crippen LogP contribution < -0.4 is 0 Å². The van der Waals surface area contributed by atoms with Gasteiger partial charge in [0.05, 0.1) is 6.42 Å². The number of amides is 1. The Balaban J connectivity index is 2.02. The average Bonchev–Trinajstić information content (AvgIpc) is 2.90. The van der Waals surface area contributed by atoms with Gasteiger partial charge in [0.1, 0.15) is 5.60 Å². The number of likely N-dealkylation sites (tertiary alicyclic amines) is 1. The summed E-state index contributed by atoms with van der Waals surface area (Å²) in [5.41, 5.74) is -0.536. The number of rotatable bonds is 2. The molecule has 1 aliphatic carbocycles. The Morgan fingerprint density at radius 2 is 1.94 bits per heavy atom. The van der Waals surface area contributed by atoms with Gasteiger partial charge in [-0.05, 0) is 45.4 Å². The Kier molecular flexibility index (Phi) is 3.25. The lowest BCUT2D eigenvalue weighted by atomic mass is 10.00. The van der Waals surface area contributed by atoms with Crippen molar-refractivity contribution in [2.24, 2.45) is 11.8 Å². The molecule has 2 aliphatic rings. The molecule has 5 nitrogen and oxygen atoms in total. The fourth-order valence-electron chi connectivity index (χ4n) is 2.64. The maximum Gasteiger partial charge on any atom is 0.410 e. The molecule has 2 fully saturated rings. The van der Waals surface area contributed by atoms with Crippen LogP contribution in [0.3, 0.4) is 0 Å². The minimum atomic E-state index is -0.854. The first-order valence-corrected chi connectivity index (χ1v) is 6.47. The van der Waals surface area contributed by atoms with E-state index in [0.717, 1.165) is 12.8 Å². The third kappa shape index (κ3) is 3.15. The van der Waals surface area contributed by atoms with Gasteiger partial charge in [0.2, 0.25) is 0 Å². The molecular formula is C13H21NO4. The van der Waals surface area contributed by atoms with Crippen LogP contribution in [0.15, 0.2) is 0 Å². The Bertz CT molecular complexity index is 360. The highest BCUT2D eigenvalue weighted by Gasteiger charge is 2.48. The van der Waals surface area contributed by atoms with Crippen LogP contribution in [0.4, 0.5) is 4.79 Å². The summed E-state index contributed by atoms with van der Waals surface area (Å²) in [4.78, 5) is 24.6. The van der Waals surface area contributed by atoms with Gasteiger partial charge < -0.3 is 14.7 Å². The standard InChI is InChI=1S/C13H21NO4/c1-13(2,3)18-12(17)14-7-9-4-8(9)5-10(14)6-11(15)16/h8-10H,4-7H2,1-3H3,(H,15,16). The fraction of sp³-hybridized carbons (Fsp3) is 0.846. The highest BCUT2D eigenvalue weighted by atomic mass is 16.6. The number of carboxylic acids is 1. The molecule has 1 aliphatic heterocycles. The van der Waals surface area contributed by atoms with Crippen LogP contribution >= 0.6 is 0 Å². The van der Waals surface area contributed by atoms with Gasteiger partial charge in [-0.15, -0.1) is 0 Å². The smallest absolute Gasteiger partial charge is 0.410 e. The Morgan fingerprint density at radius 1 is 1.28 bits per heavy atom. The molecule has 0 aromatic carbocycles. The summed E-state index contributed by atoms with van der Waals surface area (Å²) in [6.07, 6.45) is 1.56. The summed E-state index contributed by atoms with van der Waals surface area (Å²) >= 11 is 0. The lowest BCUT2D eigenvalue weighted by molar-refractivity contribution is -0.138. The molecule has 3 atom stereocenters. The van der Waals surface area contributed by atoms with Gasteiger partial charge in [0.25, 0.3) is 0 Å². The largest absolute Gasteiger partial charge is 0.481 e. The van der Waals surface area contributed by atoms with E-state index in [0.29, 0.717) is 18.4 Å². The molecule has 1 saturated heterocycles. The van der Waals surface area contributed by atoms with E-state index in [2.05, 4.69) is 0 Å². The van der Waals surface area contributed by atoms with Crippen LogP contribution in [-0.4, -0.2) is 40.3 Å². The molecular weight excluding hydrogens is 234 g/mol. The predicted octanol–water partition coefficient (Wildman–Crippen LogP) is 2.11. The van der Waals surface area contributed by atoms with Crippen molar-refractivity contribution < 1.29 is 19.4 Å². The molecule has 1 heterocycles. The summed E-state index contributed by atoms with van der Waals surface area (Å²) in [7, 11) is 0. The van der Waals surface area contributed by atoms with E-state index in [9.17, 15) is 9.59 Å². The first-order valence-electron chi connectivity index (χ1n) is 6.47. The lowest BCUT2D eigenvalue weighted by Gasteiger charge is -2.35. The first-order chi connectivity index (χ1) is 8.26. The van der Waals surface area contributed by atoms with Gasteiger partial charge in [-0.1, -0.05) is 0 Å². The van der Waals surface area contributed by atoms with Crippen LogP contribution in [0.1, 0.15) is 40.0 Å². The zero-order valence-corrected chi connectivity index (χ0v) is 11.2. The first kappa shape index (κ1) is 13.2. The predicted molar refractivity (Wildman–Crippen MR) is 65.2 cm³/mol. The number of carbonyl (C=O) groups excluding carboxylic acids is 1. The van der Waals surface area contributed by atoms with Gasteiger partial charge in [-0.2, -0.15) is 0 Å². The van der Waals surface area contributed by atoms with E-state index < -0.39 is 11.6 Å². The Hall–Kier alpha value is -1.26. The third-order valence-corrected chi connectivity index (χ3v) is 3.55.